The summed E-state index contributed by atoms with van der Waals surface area (Å²) in [6.07, 6.45) is 3.68. The Kier molecular flexibility index (Phi) is 4.88. The van der Waals surface area contributed by atoms with Crippen molar-refractivity contribution in [2.75, 3.05) is 13.4 Å². The van der Waals surface area contributed by atoms with Crippen molar-refractivity contribution in [1.29, 1.82) is 0 Å². The lowest BCUT2D eigenvalue weighted by atomic mass is 10.1. The lowest BCUT2D eigenvalue weighted by Gasteiger charge is -2.25. The molecule has 0 radical (unpaired) electrons. The number of nitrogens with one attached hydrogen (secondary N) is 1. The fourth-order valence-electron chi connectivity index (χ4n) is 3.08. The maximum Gasteiger partial charge on any atom is 0.151 e. The SMILES string of the molecule is COc1ccc(F)cc1C(C)NC1CCCC1S(C)(=O)=O. The van der Waals surface area contributed by atoms with Crippen molar-refractivity contribution in [3.8, 4) is 5.75 Å². The highest BCUT2D eigenvalue weighted by atomic mass is 32.2. The molecule has 1 aromatic rings. The van der Waals surface area contributed by atoms with E-state index in [-0.39, 0.29) is 23.2 Å². The Balaban J connectivity index is 2.18. The van der Waals surface area contributed by atoms with Crippen molar-refractivity contribution in [2.45, 2.75) is 43.5 Å². The first-order chi connectivity index (χ1) is 9.82. The maximum atomic E-state index is 13.4. The largest absolute Gasteiger partial charge is 0.496 e. The monoisotopic (exact) mass is 315 g/mol. The number of hydrogen-bond acceptors (Lipinski definition) is 4. The van der Waals surface area contributed by atoms with Gasteiger partial charge in [0.15, 0.2) is 9.84 Å². The summed E-state index contributed by atoms with van der Waals surface area (Å²) in [7, 11) is -1.53. The zero-order chi connectivity index (χ0) is 15.6. The first kappa shape index (κ1) is 16.2. The first-order valence-electron chi connectivity index (χ1n) is 7.11. The van der Waals surface area contributed by atoms with Gasteiger partial charge in [0.1, 0.15) is 11.6 Å². The summed E-state index contributed by atoms with van der Waals surface area (Å²) in [5, 5.41) is 2.97. The summed E-state index contributed by atoms with van der Waals surface area (Å²) in [4.78, 5) is 0. The minimum Gasteiger partial charge on any atom is -0.496 e. The van der Waals surface area contributed by atoms with Gasteiger partial charge < -0.3 is 10.1 Å². The van der Waals surface area contributed by atoms with Gasteiger partial charge in [0.05, 0.1) is 12.4 Å². The van der Waals surface area contributed by atoms with Gasteiger partial charge in [-0.2, -0.15) is 0 Å². The summed E-state index contributed by atoms with van der Waals surface area (Å²) >= 11 is 0. The summed E-state index contributed by atoms with van der Waals surface area (Å²) in [6, 6.07) is 4.10. The third kappa shape index (κ3) is 3.74. The van der Waals surface area contributed by atoms with Crippen LogP contribution in [0.25, 0.3) is 0 Å². The fraction of sp³-hybridized carbons (Fsp3) is 0.600. The van der Waals surface area contributed by atoms with E-state index in [1.54, 1.807) is 13.2 Å². The summed E-state index contributed by atoms with van der Waals surface area (Å²) in [6.45, 7) is 1.90. The summed E-state index contributed by atoms with van der Waals surface area (Å²) in [5.74, 6) is 0.274. The van der Waals surface area contributed by atoms with Crippen LogP contribution in [0.3, 0.4) is 0 Å². The minimum atomic E-state index is -3.07. The molecule has 1 N–H and O–H groups in total. The Labute approximate surface area is 125 Å². The van der Waals surface area contributed by atoms with Crippen LogP contribution in [0, 0.1) is 5.82 Å². The van der Waals surface area contributed by atoms with E-state index in [4.69, 9.17) is 4.74 Å². The molecule has 6 heteroatoms. The molecule has 3 atom stereocenters. The van der Waals surface area contributed by atoms with E-state index in [1.807, 2.05) is 6.92 Å². The second-order valence-electron chi connectivity index (χ2n) is 5.68. The van der Waals surface area contributed by atoms with Crippen molar-refractivity contribution < 1.29 is 17.5 Å². The molecule has 2 rings (SSSR count). The molecule has 3 unspecified atom stereocenters. The van der Waals surface area contributed by atoms with Gasteiger partial charge in [0.2, 0.25) is 0 Å². The molecule has 0 heterocycles. The summed E-state index contributed by atoms with van der Waals surface area (Å²) in [5.41, 5.74) is 0.705. The molecule has 21 heavy (non-hydrogen) atoms. The maximum absolute atomic E-state index is 13.4. The Bertz CT molecular complexity index is 603. The van der Waals surface area contributed by atoms with Crippen molar-refractivity contribution >= 4 is 9.84 Å². The Morgan fingerprint density at radius 3 is 2.71 bits per heavy atom. The lowest BCUT2D eigenvalue weighted by molar-refractivity contribution is 0.391. The molecule has 0 amide bonds. The van der Waals surface area contributed by atoms with Gasteiger partial charge in [-0.05, 0) is 38.0 Å². The third-order valence-electron chi connectivity index (χ3n) is 4.12. The highest BCUT2D eigenvalue weighted by Crippen LogP contribution is 2.30. The molecule has 1 aliphatic rings. The Hall–Kier alpha value is -1.14. The topological polar surface area (TPSA) is 55.4 Å². The highest BCUT2D eigenvalue weighted by molar-refractivity contribution is 7.91. The van der Waals surface area contributed by atoms with E-state index in [0.29, 0.717) is 17.7 Å². The van der Waals surface area contributed by atoms with Gasteiger partial charge >= 0.3 is 0 Å². The second-order valence-corrected chi connectivity index (χ2v) is 7.94. The molecule has 1 saturated carbocycles. The van der Waals surface area contributed by atoms with E-state index in [1.165, 1.54) is 18.4 Å². The Morgan fingerprint density at radius 1 is 1.38 bits per heavy atom. The van der Waals surface area contributed by atoms with E-state index in [9.17, 15) is 12.8 Å². The molecule has 0 spiro atoms. The predicted octanol–water partition coefficient (Wildman–Crippen LogP) is 2.45. The van der Waals surface area contributed by atoms with Crippen LogP contribution in [-0.2, 0) is 9.84 Å². The van der Waals surface area contributed by atoms with E-state index in [0.717, 1.165) is 12.8 Å². The standard InChI is InChI=1S/C15H22FNO3S/c1-10(12-9-11(16)7-8-14(12)20-2)17-13-5-4-6-15(13)21(3,18)19/h7-10,13,15,17H,4-6H2,1-3H3. The van der Waals surface area contributed by atoms with Gasteiger partial charge in [-0.3, -0.25) is 0 Å². The smallest absolute Gasteiger partial charge is 0.151 e. The number of methoxy groups -OCH3 is 1. The highest BCUT2D eigenvalue weighted by Gasteiger charge is 2.35. The van der Waals surface area contributed by atoms with E-state index >= 15 is 0 Å². The minimum absolute atomic E-state index is 0.0945. The van der Waals surface area contributed by atoms with Crippen molar-refractivity contribution in [1.82, 2.24) is 5.32 Å². The number of ether oxygens (including phenoxy) is 1. The fourth-order valence-corrected chi connectivity index (χ4v) is 4.49. The molecule has 1 fully saturated rings. The van der Waals surface area contributed by atoms with Crippen LogP contribution in [0.5, 0.6) is 5.75 Å². The van der Waals surface area contributed by atoms with Crippen molar-refractivity contribution in [2.24, 2.45) is 0 Å². The molecule has 0 saturated heterocycles. The van der Waals surface area contributed by atoms with Crippen LogP contribution < -0.4 is 10.1 Å². The number of hydrogen-bond donors (Lipinski definition) is 1. The third-order valence-corrected chi connectivity index (χ3v) is 5.79. The Morgan fingerprint density at radius 2 is 2.10 bits per heavy atom. The predicted molar refractivity (Wildman–Crippen MR) is 80.8 cm³/mol. The van der Waals surface area contributed by atoms with E-state index < -0.39 is 9.84 Å². The zero-order valence-corrected chi connectivity index (χ0v) is 13.4. The molecule has 0 bridgehead atoms. The van der Waals surface area contributed by atoms with Crippen LogP contribution >= 0.6 is 0 Å². The van der Waals surface area contributed by atoms with Gasteiger partial charge in [-0.25, -0.2) is 12.8 Å². The van der Waals surface area contributed by atoms with Gasteiger partial charge in [0.25, 0.3) is 0 Å². The molecular formula is C15H22FNO3S. The average molecular weight is 315 g/mol. The number of rotatable bonds is 5. The van der Waals surface area contributed by atoms with Crippen LogP contribution in [0.1, 0.15) is 37.8 Å². The molecule has 118 valence electrons. The molecule has 0 aromatic heterocycles. The number of benzene rings is 1. The van der Waals surface area contributed by atoms with Gasteiger partial charge in [-0.1, -0.05) is 6.42 Å². The first-order valence-corrected chi connectivity index (χ1v) is 9.06. The lowest BCUT2D eigenvalue weighted by Crippen LogP contribution is -2.41. The average Bonchev–Trinajstić information content (AvgIpc) is 2.86. The number of sulfone groups is 1. The van der Waals surface area contributed by atoms with Crippen LogP contribution in [0.4, 0.5) is 4.39 Å². The molecular weight excluding hydrogens is 293 g/mol. The van der Waals surface area contributed by atoms with Crippen LogP contribution in [0.2, 0.25) is 0 Å². The molecule has 0 aliphatic heterocycles. The molecule has 4 nitrogen and oxygen atoms in total. The van der Waals surface area contributed by atoms with Gasteiger partial charge in [-0.15, -0.1) is 0 Å². The quantitative estimate of drug-likeness (QED) is 0.907. The van der Waals surface area contributed by atoms with Crippen molar-refractivity contribution in [3.05, 3.63) is 29.6 Å². The van der Waals surface area contributed by atoms with Gasteiger partial charge in [0, 0.05) is 23.9 Å². The number of halogens is 1. The molecule has 1 aromatic carbocycles. The van der Waals surface area contributed by atoms with Crippen LogP contribution in [-0.4, -0.2) is 33.1 Å². The van der Waals surface area contributed by atoms with Crippen molar-refractivity contribution in [3.63, 3.8) is 0 Å². The van der Waals surface area contributed by atoms with E-state index in [2.05, 4.69) is 5.32 Å². The second kappa shape index (κ2) is 6.32. The normalized spacial score (nSPS) is 24.0. The zero-order valence-electron chi connectivity index (χ0n) is 12.6. The van der Waals surface area contributed by atoms with Crippen LogP contribution in [0.15, 0.2) is 18.2 Å². The molecule has 1 aliphatic carbocycles. The summed E-state index contributed by atoms with van der Waals surface area (Å²) < 4.78 is 42.3.